The van der Waals surface area contributed by atoms with Crippen LogP contribution in [0.1, 0.15) is 0 Å². The van der Waals surface area contributed by atoms with Crippen molar-refractivity contribution in [3.05, 3.63) is 74.5 Å². The molecule has 25 nitrogen and oxygen atoms in total. The van der Waals surface area contributed by atoms with E-state index in [0.717, 1.165) is 24.3 Å². The molecule has 63 heavy (non-hydrogen) atoms. The summed E-state index contributed by atoms with van der Waals surface area (Å²) in [5.41, 5.74) is -0.328. The predicted octanol–water partition coefficient (Wildman–Crippen LogP) is -9.94. The molecule has 0 bridgehead atoms. The minimum absolute atomic E-state index is 0. The summed E-state index contributed by atoms with van der Waals surface area (Å²) in [6.45, 7) is 6.67. The van der Waals surface area contributed by atoms with E-state index in [-0.39, 0.29) is 174 Å². The van der Waals surface area contributed by atoms with Crippen LogP contribution < -0.4 is 124 Å². The first kappa shape index (κ1) is 71.4. The number of fused-ring (bicyclic) bond motifs is 1. The van der Waals surface area contributed by atoms with Crippen LogP contribution in [0.15, 0.2) is 89.7 Å². The molecule has 0 aliphatic rings. The number of anilines is 1. The minimum Gasteiger partial charge on any atom is -0.744 e. The molecule has 4 aromatic rings. The molecule has 0 aromatic heterocycles. The van der Waals surface area contributed by atoms with Gasteiger partial charge in [0.2, 0.25) is 20.8 Å². The van der Waals surface area contributed by atoms with E-state index < -0.39 is 93.9 Å². The monoisotopic (exact) mass is 1090 g/mol. The van der Waals surface area contributed by atoms with E-state index in [1.807, 2.05) is 0 Å². The average Bonchev–Trinajstić information content (AvgIpc) is 3.08. The molecule has 0 fully saturated rings. The van der Waals surface area contributed by atoms with Crippen molar-refractivity contribution in [3.63, 3.8) is 0 Å². The zero-order chi connectivity index (χ0) is 45.0. The van der Waals surface area contributed by atoms with Gasteiger partial charge in [-0.1, -0.05) is 28.3 Å². The number of rotatable bonds is 10. The molecule has 0 aliphatic carbocycles. The van der Waals surface area contributed by atoms with Crippen molar-refractivity contribution >= 4 is 100 Å². The fraction of sp³-hybridized carbons (Fsp3) is 0.111. The Labute approximate surface area is 461 Å². The van der Waals surface area contributed by atoms with E-state index in [0.29, 0.717) is 11.8 Å². The Hall–Kier alpha value is -0.571. The third-order valence-corrected chi connectivity index (χ3v) is 10.1. The second kappa shape index (κ2) is 30.7. The van der Waals surface area contributed by atoms with Crippen molar-refractivity contribution in [1.82, 2.24) is 0 Å². The maximum Gasteiger partial charge on any atom is 1.00 e. The molecule has 36 heteroatoms. The van der Waals surface area contributed by atoms with Gasteiger partial charge in [0.25, 0.3) is 0 Å². The number of nitrogens with one attached hydrogen (secondary N) is 1. The number of hydrogen-bond donors (Lipinski definition) is 5. The summed E-state index contributed by atoms with van der Waals surface area (Å²) in [7, 11) is -24.2. The summed E-state index contributed by atoms with van der Waals surface area (Å²) >= 11 is 0. The Morgan fingerprint density at radius 1 is 0.667 bits per heavy atom. The van der Waals surface area contributed by atoms with Gasteiger partial charge >= 0.3 is 129 Å². The van der Waals surface area contributed by atoms with Gasteiger partial charge in [-0.3, -0.25) is 9.11 Å². The number of phenols is 2. The number of sulfone groups is 2. The van der Waals surface area contributed by atoms with Gasteiger partial charge in [-0.25, -0.2) is 42.1 Å². The molecule has 0 spiro atoms. The summed E-state index contributed by atoms with van der Waals surface area (Å²) in [5.74, 6) is -1.77. The molecule has 0 saturated carbocycles. The van der Waals surface area contributed by atoms with Crippen molar-refractivity contribution in [1.29, 1.82) is 0 Å². The molecule has 0 amide bonds. The molecule has 0 atom stereocenters. The molecular formula is C27H25CuN5Na4O20S6-2. The van der Waals surface area contributed by atoms with E-state index in [9.17, 15) is 40.0 Å². The smallest absolute Gasteiger partial charge is 0.744 e. The molecule has 4 aromatic carbocycles. The molecule has 5 N–H and O–H groups in total. The number of benzene rings is 4. The van der Waals surface area contributed by atoms with Crippen LogP contribution in [0.2, 0.25) is 0 Å². The molecule has 1 radical (unpaired) electrons. The quantitative estimate of drug-likeness (QED) is 0.0324. The van der Waals surface area contributed by atoms with Crippen LogP contribution >= 0.6 is 0 Å². The van der Waals surface area contributed by atoms with E-state index >= 15 is 0 Å². The van der Waals surface area contributed by atoms with Crippen LogP contribution in [0.5, 0.6) is 11.5 Å². The largest absolute Gasteiger partial charge is 1.00 e. The van der Waals surface area contributed by atoms with E-state index in [1.165, 1.54) is 24.3 Å². The average molecular weight is 1090 g/mol. The normalized spacial score (nSPS) is 11.2. The maximum atomic E-state index is 12.2. The number of hydrogen-bond acceptors (Lipinski definition) is 23. The summed E-state index contributed by atoms with van der Waals surface area (Å²) in [6, 6.07) is 13.3. The summed E-state index contributed by atoms with van der Waals surface area (Å²) in [5, 5.41) is 40.1. The van der Waals surface area contributed by atoms with Crippen LogP contribution in [0.25, 0.3) is 10.8 Å². The molecule has 0 unspecified atom stereocenters. The van der Waals surface area contributed by atoms with Gasteiger partial charge in [0, 0.05) is 41.2 Å². The van der Waals surface area contributed by atoms with Crippen LogP contribution in [-0.4, -0.2) is 106 Å². The van der Waals surface area contributed by atoms with Crippen molar-refractivity contribution < 1.29 is 223 Å². The zero-order valence-corrected chi connectivity index (χ0v) is 46.7. The second-order valence-electron chi connectivity index (χ2n) is 9.99. The van der Waals surface area contributed by atoms with Crippen molar-refractivity contribution in [2.75, 3.05) is 23.9 Å². The maximum absolute atomic E-state index is 12.2. The number of azo groups is 2. The first-order valence-electron chi connectivity index (χ1n) is 14.2. The van der Waals surface area contributed by atoms with E-state index in [4.69, 9.17) is 47.7 Å². The Kier molecular flexibility index (Phi) is 34.8. The first-order valence-corrected chi connectivity index (χ1v) is 22.6. The van der Waals surface area contributed by atoms with Gasteiger partial charge in [-0.15, -0.1) is 17.7 Å². The third kappa shape index (κ3) is 26.0. The Bertz CT molecular complexity index is 2880. The standard InChI is InChI=1S/C27H24N5O9S3.Cu.4Na.2H2O4S.O3S/c1-4-42(35,36)16-7-13-24(33)23(14-16)31-30-22-12-8-18-19(27(22)34)9-11-21(28-3)26(18)32-29-20-10-6-17(43(37,38)5-2)15-25(20)44(39,40)41;;;;;;2*1-5(2,3)4;1-4(2)3/h6-11,13-15,28,33-34H,1-2,4-5H2,3H3,(H,39,40,41);;;;;;2*(H2,1,2,3,4);/q-3;;4*+1;;;/p-3. The molecule has 0 aliphatic heterocycles. The summed E-state index contributed by atoms with van der Waals surface area (Å²) < 4.78 is 175. The van der Waals surface area contributed by atoms with Gasteiger partial charge < -0.3 is 43.0 Å². The van der Waals surface area contributed by atoms with Gasteiger partial charge in [0.15, 0.2) is 19.7 Å². The van der Waals surface area contributed by atoms with Crippen molar-refractivity contribution in [2.45, 2.75) is 14.7 Å². The van der Waals surface area contributed by atoms with Crippen LogP contribution in [0.4, 0.5) is 28.4 Å². The van der Waals surface area contributed by atoms with Gasteiger partial charge in [-0.2, -0.15) is 27.5 Å². The second-order valence-corrected chi connectivity index (χ2v) is 17.7. The number of phenolic OH excluding ortho intramolecular Hbond substituents is 2. The predicted molar refractivity (Wildman–Crippen MR) is 194 cm³/mol. The SMILES string of the molecule is O=S(=O)([O-])O.O=S(=O)([O-])O.O=S(=O)=O.[CH2-]CS(=O)(=O)c1ccc(O)c(N=Nc2[c-]cc3c(N=Nc4ccc(S(=O)(=O)C[CH2-])cc4S(=O)(=O)[O-])c(NC)ccc3c2O)c1.[Cu].[Na+].[Na+].[Na+].[Na+]. The summed E-state index contributed by atoms with van der Waals surface area (Å²) in [4.78, 5) is -1.46. The fourth-order valence-corrected chi connectivity index (χ4v) is 6.20. The molecular weight excluding hydrogens is 1060 g/mol. The molecule has 331 valence electrons. The van der Waals surface area contributed by atoms with Crippen LogP contribution in [0.3, 0.4) is 0 Å². The first-order chi connectivity index (χ1) is 26.4. The Morgan fingerprint density at radius 2 is 1.10 bits per heavy atom. The molecule has 0 saturated heterocycles. The van der Waals surface area contributed by atoms with Crippen molar-refractivity contribution in [3.8, 4) is 11.5 Å². The topological polar surface area (TPSA) is 433 Å². The molecule has 0 heterocycles. The van der Waals surface area contributed by atoms with E-state index in [2.05, 4.69) is 45.7 Å². The Balaban J connectivity index is -0.000000515. The Morgan fingerprint density at radius 3 is 1.52 bits per heavy atom. The van der Waals surface area contributed by atoms with Gasteiger partial charge in [0.1, 0.15) is 27.2 Å². The van der Waals surface area contributed by atoms with Gasteiger partial charge in [-0.05, 0) is 42.5 Å². The summed E-state index contributed by atoms with van der Waals surface area (Å²) in [6.07, 6.45) is 0. The number of aromatic hydroxyl groups is 2. The van der Waals surface area contributed by atoms with Crippen molar-refractivity contribution in [2.24, 2.45) is 20.5 Å². The fourth-order valence-electron chi connectivity index (χ4n) is 3.87. The minimum atomic E-state index is -5.17. The van der Waals surface area contributed by atoms with E-state index in [1.54, 1.807) is 7.05 Å². The van der Waals surface area contributed by atoms with Crippen LogP contribution in [0, 0.1) is 19.9 Å². The van der Waals surface area contributed by atoms with Crippen LogP contribution in [-0.2, 0) is 78.3 Å². The molecule has 4 rings (SSSR count). The van der Waals surface area contributed by atoms with Gasteiger partial charge in [0.05, 0.1) is 20.4 Å². The third-order valence-electron chi connectivity index (χ3n) is 6.24. The number of nitrogens with zero attached hydrogens (tertiary/aromatic N) is 4. The zero-order valence-electron chi connectivity index (χ0n) is 32.9.